The van der Waals surface area contributed by atoms with Crippen LogP contribution in [0.3, 0.4) is 0 Å². The Bertz CT molecular complexity index is 3340. The number of likely N-dealkylation sites (N-methyl/N-ethyl adjacent to an activating group) is 1. The number of benzene rings is 4. The number of halogens is 2. The van der Waals surface area contributed by atoms with Crippen LogP contribution in [0.25, 0.3) is 43.2 Å². The second kappa shape index (κ2) is 27.5. The second-order valence-electron chi connectivity index (χ2n) is 21.3. The Labute approximate surface area is 485 Å². The van der Waals surface area contributed by atoms with Crippen molar-refractivity contribution in [1.82, 2.24) is 40.1 Å². The molecule has 0 spiro atoms. The number of aromatic hydroxyl groups is 1. The van der Waals surface area contributed by atoms with Gasteiger partial charge in [-0.05, 0) is 85.4 Å². The molecule has 2 fully saturated rings. The number of β-amino-alcohol motifs (C(OH)–C–C–N with tert-alkyl or cyclic N) is 1. The van der Waals surface area contributed by atoms with Crippen LogP contribution in [0.15, 0.2) is 82.8 Å². The van der Waals surface area contributed by atoms with E-state index in [1.807, 2.05) is 86.8 Å². The maximum absolute atomic E-state index is 17.0. The third-order valence-electron chi connectivity index (χ3n) is 15.0. The number of nitrogens with one attached hydrogen (secondary N) is 2. The Morgan fingerprint density at radius 1 is 0.927 bits per heavy atom. The molecular weight excluding hydrogens is 1090 g/mol. The zero-order valence-electron chi connectivity index (χ0n) is 47.2. The fourth-order valence-electron chi connectivity index (χ4n) is 10.7. The van der Waals surface area contributed by atoms with E-state index in [1.165, 1.54) is 11.0 Å². The van der Waals surface area contributed by atoms with Crippen LogP contribution in [0.4, 0.5) is 16.2 Å². The van der Waals surface area contributed by atoms with Gasteiger partial charge in [-0.25, -0.2) is 14.4 Å². The summed E-state index contributed by atoms with van der Waals surface area (Å²) >= 11 is 8.47. The van der Waals surface area contributed by atoms with Gasteiger partial charge in [0.2, 0.25) is 23.7 Å². The summed E-state index contributed by atoms with van der Waals surface area (Å²) in [6.45, 7) is 15.0. The molecule has 82 heavy (non-hydrogen) atoms. The number of fused-ring (bicyclic) bond motifs is 2. The van der Waals surface area contributed by atoms with Crippen LogP contribution in [-0.2, 0) is 28.6 Å². The van der Waals surface area contributed by atoms with Crippen LogP contribution < -0.4 is 15.5 Å². The highest BCUT2D eigenvalue weighted by atomic mass is 35.5. The number of ether oxygens (including phenoxy) is 3. The summed E-state index contributed by atoms with van der Waals surface area (Å²) in [7, 11) is 2.01. The van der Waals surface area contributed by atoms with Crippen molar-refractivity contribution in [3.63, 3.8) is 0 Å². The molecule has 2 aliphatic rings. The monoisotopic (exact) mass is 1160 g/mol. The SMILES string of the molecule is CC(=O)N1CCN(c2nc(NCCCN(C)CCOCCOCCOC[C@H](NC(=O)[C@@H]3C[C@@H](O)CN3C(=O)[C@@H](c3cc(C)no3)C(C)C)c3ccc(-c4scnc4C)cc3)nc3c(F)c(-c4cc(O)cc5ccccc45)c(Cl)cc23)CC1. The summed E-state index contributed by atoms with van der Waals surface area (Å²) in [5.74, 6) is -0.953. The molecule has 0 saturated carbocycles. The summed E-state index contributed by atoms with van der Waals surface area (Å²) in [5.41, 5.74) is 5.89. The summed E-state index contributed by atoms with van der Waals surface area (Å²) in [4.78, 5) is 62.9. The first-order chi connectivity index (χ1) is 39.5. The van der Waals surface area contributed by atoms with Crippen LogP contribution in [-0.4, -0.2) is 174 Å². The van der Waals surface area contributed by atoms with E-state index in [-0.39, 0.29) is 71.7 Å². The van der Waals surface area contributed by atoms with Crippen molar-refractivity contribution < 1.29 is 47.7 Å². The predicted molar refractivity (Wildman–Crippen MR) is 315 cm³/mol. The van der Waals surface area contributed by atoms with Gasteiger partial charge in [-0.3, -0.25) is 14.4 Å². The Morgan fingerprint density at radius 3 is 2.35 bits per heavy atom. The van der Waals surface area contributed by atoms with Crippen LogP contribution in [0.5, 0.6) is 5.75 Å². The van der Waals surface area contributed by atoms with Gasteiger partial charge in [0.25, 0.3) is 0 Å². The number of rotatable bonds is 25. The molecule has 9 rings (SSSR count). The lowest BCUT2D eigenvalue weighted by Gasteiger charge is -2.35. The van der Waals surface area contributed by atoms with E-state index in [4.69, 9.17) is 40.3 Å². The van der Waals surface area contributed by atoms with Gasteiger partial charge < -0.3 is 59.2 Å². The third kappa shape index (κ3) is 14.3. The summed E-state index contributed by atoms with van der Waals surface area (Å²) in [6.07, 6.45) is -0.0456. The van der Waals surface area contributed by atoms with Crippen molar-refractivity contribution in [3.8, 4) is 27.3 Å². The highest BCUT2D eigenvalue weighted by molar-refractivity contribution is 7.13. The highest BCUT2D eigenvalue weighted by Crippen LogP contribution is 2.43. The summed E-state index contributed by atoms with van der Waals surface area (Å²) in [6, 6.07) is 20.4. The quantitative estimate of drug-likeness (QED) is 0.0395. The number of amides is 3. The topological polar surface area (TPSA) is 221 Å². The molecule has 436 valence electrons. The van der Waals surface area contributed by atoms with Gasteiger partial charge in [-0.15, -0.1) is 11.3 Å². The van der Waals surface area contributed by atoms with Crippen LogP contribution >= 0.6 is 22.9 Å². The van der Waals surface area contributed by atoms with E-state index in [0.29, 0.717) is 93.9 Å². The number of hydrogen-bond donors (Lipinski definition) is 4. The molecule has 3 amide bonds. The van der Waals surface area contributed by atoms with E-state index in [2.05, 4.69) is 25.7 Å². The minimum atomic E-state index is -0.903. The summed E-state index contributed by atoms with van der Waals surface area (Å²) in [5, 5.41) is 34.0. The van der Waals surface area contributed by atoms with Gasteiger partial charge in [0.15, 0.2) is 5.82 Å². The van der Waals surface area contributed by atoms with Crippen LogP contribution in [0, 0.1) is 25.6 Å². The van der Waals surface area contributed by atoms with Crippen molar-refractivity contribution in [2.24, 2.45) is 5.92 Å². The van der Waals surface area contributed by atoms with Gasteiger partial charge in [0, 0.05) is 76.2 Å². The number of aryl methyl sites for hydroxylation is 2. The number of hydrogen-bond acceptors (Lipinski definition) is 17. The molecule has 2 saturated heterocycles. The van der Waals surface area contributed by atoms with E-state index in [1.54, 1.807) is 48.3 Å². The molecule has 5 heterocycles. The maximum Gasteiger partial charge on any atom is 0.243 e. The minimum absolute atomic E-state index is 0.00613. The lowest BCUT2D eigenvalue weighted by molar-refractivity contribution is -0.141. The lowest BCUT2D eigenvalue weighted by atomic mass is 9.91. The first-order valence-electron chi connectivity index (χ1n) is 27.8. The fourth-order valence-corrected chi connectivity index (χ4v) is 11.8. The largest absolute Gasteiger partial charge is 0.508 e. The summed E-state index contributed by atoms with van der Waals surface area (Å²) < 4.78 is 40.4. The van der Waals surface area contributed by atoms with Gasteiger partial charge in [0.05, 0.1) is 78.6 Å². The van der Waals surface area contributed by atoms with Gasteiger partial charge in [0.1, 0.15) is 34.8 Å². The Morgan fingerprint density at radius 2 is 1.66 bits per heavy atom. The van der Waals surface area contributed by atoms with Crippen molar-refractivity contribution in [1.29, 1.82) is 0 Å². The van der Waals surface area contributed by atoms with Crippen molar-refractivity contribution >= 4 is 74.1 Å². The van der Waals surface area contributed by atoms with E-state index >= 15 is 4.39 Å². The average Bonchev–Trinajstić information content (AvgIpc) is 4.34. The molecule has 0 aliphatic carbocycles. The standard InChI is InChI=1S/C60H72ClFN10O9S/c1-36(2)52(51-28-37(3)68-81-51)59(77)72-33-44(75)31-50(72)58(76)65-49(40-12-14-41(15-13-40)56-38(4)64-35-82-56)34-80-27-26-79-25-24-78-23-22-69(6)17-9-16-63-60-66-55-47(57(67-60)71-20-18-70(19-21-71)39(5)73)32-48(61)53(54(55)62)46-30-43(74)29-42-10-7-8-11-45(42)46/h7-8,10-15,28-30,32,35-36,44,49-50,52,74-75H,9,16-27,31,33-34H2,1-6H3,(H,65,76)(H,63,66,67)/t44-,49+,50+,52-/m1/s1. The Kier molecular flexibility index (Phi) is 20.0. The zero-order chi connectivity index (χ0) is 58.0. The van der Waals surface area contributed by atoms with Crippen molar-refractivity contribution in [2.75, 3.05) is 109 Å². The molecule has 22 heteroatoms. The lowest BCUT2D eigenvalue weighted by Crippen LogP contribution is -2.49. The Hall–Kier alpha value is -6.85. The maximum atomic E-state index is 17.0. The van der Waals surface area contributed by atoms with E-state index in [9.17, 15) is 24.6 Å². The average molecular weight is 1160 g/mol. The molecule has 0 radical (unpaired) electrons. The number of piperazine rings is 1. The molecule has 2 aliphatic heterocycles. The normalized spacial score (nSPS) is 16.5. The molecule has 7 aromatic rings. The molecule has 4 aromatic carbocycles. The second-order valence-corrected chi connectivity index (χ2v) is 22.6. The smallest absolute Gasteiger partial charge is 0.243 e. The van der Waals surface area contributed by atoms with E-state index < -0.39 is 35.8 Å². The Balaban J connectivity index is 0.739. The number of carbonyl (C=O) groups excluding carboxylic acids is 3. The zero-order valence-corrected chi connectivity index (χ0v) is 48.8. The van der Waals surface area contributed by atoms with Gasteiger partial charge in [-0.1, -0.05) is 79.1 Å². The van der Waals surface area contributed by atoms with E-state index in [0.717, 1.165) is 45.4 Å². The van der Waals surface area contributed by atoms with Crippen LogP contribution in [0.2, 0.25) is 5.02 Å². The molecule has 19 nitrogen and oxygen atoms in total. The molecule has 4 N–H and O–H groups in total. The molecule has 0 unspecified atom stereocenters. The number of aliphatic hydroxyl groups excluding tert-OH is 1. The molecule has 4 atom stereocenters. The minimum Gasteiger partial charge on any atom is -0.508 e. The molecule has 3 aromatic heterocycles. The third-order valence-corrected chi connectivity index (χ3v) is 16.3. The highest BCUT2D eigenvalue weighted by Gasteiger charge is 2.44. The van der Waals surface area contributed by atoms with Crippen molar-refractivity contribution in [3.05, 3.63) is 112 Å². The van der Waals surface area contributed by atoms with Crippen LogP contribution in [0.1, 0.15) is 68.3 Å². The van der Waals surface area contributed by atoms with Gasteiger partial charge in [-0.2, -0.15) is 4.98 Å². The molecule has 0 bridgehead atoms. The number of likely N-dealkylation sites (tertiary alicyclic amines) is 1. The number of phenols is 1. The van der Waals surface area contributed by atoms with Gasteiger partial charge >= 0.3 is 0 Å². The fraction of sp³-hybridized carbons (Fsp3) is 0.450. The molecular formula is C60H72ClFN10O9S. The number of carbonyl (C=O) groups is 3. The van der Waals surface area contributed by atoms with Crippen molar-refractivity contribution in [2.45, 2.75) is 71.6 Å². The number of phenolic OH excluding ortho intramolecular Hbond substituents is 1. The number of aliphatic hydroxyl groups is 1. The number of thiazole rings is 1. The first-order valence-corrected chi connectivity index (χ1v) is 29.1. The predicted octanol–water partition coefficient (Wildman–Crippen LogP) is 8.39. The first kappa shape index (κ1) is 59.8. The number of aromatic nitrogens is 4. The number of anilines is 2. The number of nitrogens with zero attached hydrogens (tertiary/aromatic N) is 8.